The quantitative estimate of drug-likeness (QED) is 0.851. The van der Waals surface area contributed by atoms with Gasteiger partial charge in [-0.25, -0.2) is 4.98 Å². The maximum atomic E-state index is 5.23. The maximum Gasteiger partial charge on any atom is 0.168 e. The first-order valence-corrected chi connectivity index (χ1v) is 6.29. The van der Waals surface area contributed by atoms with Crippen molar-refractivity contribution in [3.8, 4) is 5.75 Å². The Morgan fingerprint density at radius 1 is 1.67 bits per heavy atom. The lowest BCUT2D eigenvalue weighted by Crippen LogP contribution is -2.14. The summed E-state index contributed by atoms with van der Waals surface area (Å²) in [5.74, 6) is 2.97. The van der Waals surface area contributed by atoms with E-state index >= 15 is 0 Å². The number of anilines is 1. The predicted molar refractivity (Wildman–Crippen MR) is 64.8 cm³/mol. The van der Waals surface area contributed by atoms with Gasteiger partial charge in [0, 0.05) is 18.0 Å². The number of hydrogen-bond acceptors (Lipinski definition) is 4. The van der Waals surface area contributed by atoms with Gasteiger partial charge in [0.25, 0.3) is 0 Å². The molecule has 0 bridgehead atoms. The molecule has 0 amide bonds. The van der Waals surface area contributed by atoms with Gasteiger partial charge in [0.15, 0.2) is 11.6 Å². The van der Waals surface area contributed by atoms with Gasteiger partial charge in [-0.3, -0.25) is 0 Å². The van der Waals surface area contributed by atoms with E-state index in [-0.39, 0.29) is 0 Å². The van der Waals surface area contributed by atoms with Gasteiger partial charge in [-0.2, -0.15) is 11.8 Å². The van der Waals surface area contributed by atoms with E-state index in [1.807, 2.05) is 23.9 Å². The second-order valence-electron chi connectivity index (χ2n) is 3.57. The third-order valence-electron chi connectivity index (χ3n) is 2.51. The summed E-state index contributed by atoms with van der Waals surface area (Å²) in [7, 11) is 1.67. The van der Waals surface area contributed by atoms with Crippen LogP contribution in [0, 0.1) is 0 Å². The lowest BCUT2D eigenvalue weighted by atomic mass is 10.2. The fraction of sp³-hybridized carbons (Fsp3) is 0.545. The minimum Gasteiger partial charge on any atom is -0.493 e. The third kappa shape index (κ3) is 2.78. The molecule has 3 nitrogen and oxygen atoms in total. The first-order valence-electron chi connectivity index (χ1n) is 5.24. The fourth-order valence-corrected chi connectivity index (χ4v) is 2.91. The largest absolute Gasteiger partial charge is 0.493 e. The molecule has 1 aromatic rings. The number of nitrogens with one attached hydrogen (secondary N) is 1. The molecular weight excluding hydrogens is 208 g/mol. The van der Waals surface area contributed by atoms with Crippen LogP contribution < -0.4 is 10.1 Å². The van der Waals surface area contributed by atoms with E-state index in [2.05, 4.69) is 10.3 Å². The van der Waals surface area contributed by atoms with Crippen molar-refractivity contribution >= 4 is 17.6 Å². The van der Waals surface area contributed by atoms with Crippen LogP contribution in [0.4, 0.5) is 5.82 Å². The third-order valence-corrected chi connectivity index (χ3v) is 3.91. The lowest BCUT2D eigenvalue weighted by Gasteiger charge is -2.12. The van der Waals surface area contributed by atoms with E-state index in [1.54, 1.807) is 13.3 Å². The molecule has 1 fully saturated rings. The van der Waals surface area contributed by atoms with Gasteiger partial charge in [0.1, 0.15) is 0 Å². The highest BCUT2D eigenvalue weighted by Crippen LogP contribution is 2.27. The summed E-state index contributed by atoms with van der Waals surface area (Å²) in [6.07, 6.45) is 4.44. The molecule has 0 aliphatic carbocycles. The molecule has 4 heteroatoms. The number of pyridine rings is 1. The molecule has 1 aromatic heterocycles. The van der Waals surface area contributed by atoms with Crippen LogP contribution in [0.1, 0.15) is 12.8 Å². The van der Waals surface area contributed by atoms with Crippen molar-refractivity contribution in [3.05, 3.63) is 18.3 Å². The summed E-state index contributed by atoms with van der Waals surface area (Å²) >= 11 is 2.04. The van der Waals surface area contributed by atoms with Crippen molar-refractivity contribution in [1.29, 1.82) is 0 Å². The summed E-state index contributed by atoms with van der Waals surface area (Å²) < 4.78 is 5.23. The minimum absolute atomic E-state index is 0.733. The Labute approximate surface area is 94.6 Å². The molecule has 0 spiro atoms. The number of aromatic nitrogens is 1. The van der Waals surface area contributed by atoms with E-state index in [1.165, 1.54) is 18.6 Å². The van der Waals surface area contributed by atoms with E-state index < -0.39 is 0 Å². The van der Waals surface area contributed by atoms with Crippen LogP contribution in [0.25, 0.3) is 0 Å². The molecule has 15 heavy (non-hydrogen) atoms. The zero-order valence-corrected chi connectivity index (χ0v) is 9.72. The molecule has 82 valence electrons. The molecule has 0 saturated carbocycles. The number of rotatable bonds is 4. The molecular formula is C11H16N2OS. The summed E-state index contributed by atoms with van der Waals surface area (Å²) in [6, 6.07) is 3.81. The smallest absolute Gasteiger partial charge is 0.168 e. The van der Waals surface area contributed by atoms with Crippen molar-refractivity contribution < 1.29 is 4.74 Å². The van der Waals surface area contributed by atoms with Crippen LogP contribution in [0.15, 0.2) is 18.3 Å². The molecule has 1 unspecified atom stereocenters. The van der Waals surface area contributed by atoms with E-state index in [4.69, 9.17) is 4.74 Å². The van der Waals surface area contributed by atoms with E-state index in [9.17, 15) is 0 Å². The number of nitrogens with zero attached hydrogens (tertiary/aromatic N) is 1. The second-order valence-corrected chi connectivity index (χ2v) is 4.98. The molecule has 0 aromatic carbocycles. The first-order chi connectivity index (χ1) is 7.40. The van der Waals surface area contributed by atoms with Gasteiger partial charge in [-0.15, -0.1) is 0 Å². The average molecular weight is 224 g/mol. The topological polar surface area (TPSA) is 34.1 Å². The molecule has 1 saturated heterocycles. The van der Waals surface area contributed by atoms with Crippen LogP contribution >= 0.6 is 11.8 Å². The highest BCUT2D eigenvalue weighted by molar-refractivity contribution is 8.00. The normalized spacial score (nSPS) is 20.2. The summed E-state index contributed by atoms with van der Waals surface area (Å²) in [6.45, 7) is 0.984. The van der Waals surface area contributed by atoms with Crippen molar-refractivity contribution in [2.45, 2.75) is 18.1 Å². The van der Waals surface area contributed by atoms with Gasteiger partial charge < -0.3 is 10.1 Å². The standard InChI is InChI=1S/C11H16N2OS/c1-14-10-5-2-6-12-11(10)13-8-9-4-3-7-15-9/h2,5-6,9H,3-4,7-8H2,1H3,(H,12,13). The molecule has 1 N–H and O–H groups in total. The average Bonchev–Trinajstić information content (AvgIpc) is 2.79. The van der Waals surface area contributed by atoms with Crippen molar-refractivity contribution in [3.63, 3.8) is 0 Å². The van der Waals surface area contributed by atoms with Crippen LogP contribution in [0.2, 0.25) is 0 Å². The monoisotopic (exact) mass is 224 g/mol. The van der Waals surface area contributed by atoms with Gasteiger partial charge in [0.2, 0.25) is 0 Å². The first kappa shape index (κ1) is 10.6. The second kappa shape index (κ2) is 5.26. The minimum atomic E-state index is 0.733. The van der Waals surface area contributed by atoms with Crippen LogP contribution in [-0.2, 0) is 0 Å². The van der Waals surface area contributed by atoms with Gasteiger partial charge >= 0.3 is 0 Å². The Bertz CT molecular complexity index is 313. The Hall–Kier alpha value is -0.900. The predicted octanol–water partition coefficient (Wildman–Crippen LogP) is 2.40. The van der Waals surface area contributed by atoms with Crippen LogP contribution in [0.3, 0.4) is 0 Å². The molecule has 1 atom stereocenters. The number of ether oxygens (including phenoxy) is 1. The summed E-state index contributed by atoms with van der Waals surface area (Å²) in [5.41, 5.74) is 0. The zero-order chi connectivity index (χ0) is 10.5. The Morgan fingerprint density at radius 3 is 3.33 bits per heavy atom. The molecule has 0 radical (unpaired) electrons. The van der Waals surface area contributed by atoms with Crippen molar-refractivity contribution in [2.75, 3.05) is 24.7 Å². The molecule has 1 aliphatic rings. The zero-order valence-electron chi connectivity index (χ0n) is 8.90. The number of methoxy groups -OCH3 is 1. The Morgan fingerprint density at radius 2 is 2.60 bits per heavy atom. The molecule has 2 rings (SSSR count). The van der Waals surface area contributed by atoms with Crippen LogP contribution in [0.5, 0.6) is 5.75 Å². The molecule has 1 aliphatic heterocycles. The highest BCUT2D eigenvalue weighted by Gasteiger charge is 2.15. The van der Waals surface area contributed by atoms with Gasteiger partial charge in [-0.1, -0.05) is 0 Å². The maximum absolute atomic E-state index is 5.23. The van der Waals surface area contributed by atoms with E-state index in [0.29, 0.717) is 0 Å². The molecule has 2 heterocycles. The lowest BCUT2D eigenvalue weighted by molar-refractivity contribution is 0.415. The Balaban J connectivity index is 1.91. The van der Waals surface area contributed by atoms with Crippen molar-refractivity contribution in [2.24, 2.45) is 0 Å². The summed E-state index contributed by atoms with van der Waals surface area (Å²) in [4.78, 5) is 4.27. The van der Waals surface area contributed by atoms with Gasteiger partial charge in [-0.05, 0) is 30.7 Å². The number of hydrogen-bond donors (Lipinski definition) is 1. The van der Waals surface area contributed by atoms with Gasteiger partial charge in [0.05, 0.1) is 7.11 Å². The van der Waals surface area contributed by atoms with E-state index in [0.717, 1.165) is 23.4 Å². The fourth-order valence-electron chi connectivity index (χ4n) is 1.70. The Kier molecular flexibility index (Phi) is 3.72. The SMILES string of the molecule is COc1cccnc1NCC1CCCS1. The summed E-state index contributed by atoms with van der Waals surface area (Å²) in [5, 5.41) is 4.08. The highest BCUT2D eigenvalue weighted by atomic mass is 32.2. The number of thioether (sulfide) groups is 1. The van der Waals surface area contributed by atoms with Crippen molar-refractivity contribution in [1.82, 2.24) is 4.98 Å². The van der Waals surface area contributed by atoms with Crippen LogP contribution in [-0.4, -0.2) is 29.6 Å².